The van der Waals surface area contributed by atoms with Crippen LogP contribution in [0.4, 0.5) is 5.69 Å². The number of hydrogen-bond donors (Lipinski definition) is 2. The minimum atomic E-state index is 0.148. The fraction of sp³-hybridized carbons (Fsp3) is 0.400. The first-order chi connectivity index (χ1) is 12.2. The van der Waals surface area contributed by atoms with Crippen LogP contribution in [-0.4, -0.2) is 40.4 Å². The van der Waals surface area contributed by atoms with Crippen molar-refractivity contribution in [3.63, 3.8) is 0 Å². The smallest absolute Gasteiger partial charge is 0.115 e. The van der Waals surface area contributed by atoms with Crippen molar-refractivity contribution < 1.29 is 0 Å². The van der Waals surface area contributed by atoms with Crippen molar-refractivity contribution in [2.75, 3.05) is 19.4 Å². The van der Waals surface area contributed by atoms with Crippen LogP contribution in [-0.2, 0) is 5.54 Å². The summed E-state index contributed by atoms with van der Waals surface area (Å²) in [7, 11) is 4.42. The van der Waals surface area contributed by atoms with Crippen LogP contribution in [0.3, 0.4) is 0 Å². The number of nitrogens with zero attached hydrogens (tertiary/aromatic N) is 3. The third kappa shape index (κ3) is 3.00. The highest BCUT2D eigenvalue weighted by Crippen LogP contribution is 2.41. The van der Waals surface area contributed by atoms with E-state index in [0.717, 1.165) is 42.4 Å². The molecule has 1 heterocycles. The number of hydrogen-bond acceptors (Lipinski definition) is 4. The fourth-order valence-corrected chi connectivity index (χ4v) is 4.15. The molecule has 130 valence electrons. The molecule has 0 saturated heterocycles. The van der Waals surface area contributed by atoms with Crippen molar-refractivity contribution in [1.82, 2.24) is 20.3 Å². The Morgan fingerprint density at radius 2 is 1.72 bits per heavy atom. The first-order valence-electron chi connectivity index (χ1n) is 8.97. The van der Waals surface area contributed by atoms with Gasteiger partial charge in [0, 0.05) is 17.3 Å². The van der Waals surface area contributed by atoms with Crippen LogP contribution in [0.25, 0.3) is 11.0 Å². The Morgan fingerprint density at radius 1 is 1.00 bits per heavy atom. The second-order valence-corrected chi connectivity index (χ2v) is 7.24. The summed E-state index contributed by atoms with van der Waals surface area (Å²) in [6.07, 6.45) is 4.63. The first kappa shape index (κ1) is 16.1. The zero-order valence-electron chi connectivity index (χ0n) is 14.9. The highest BCUT2D eigenvalue weighted by molar-refractivity contribution is 5.77. The van der Waals surface area contributed by atoms with Crippen molar-refractivity contribution in [3.05, 3.63) is 54.1 Å². The van der Waals surface area contributed by atoms with E-state index in [9.17, 15) is 0 Å². The predicted molar refractivity (Wildman–Crippen MR) is 102 cm³/mol. The fourth-order valence-electron chi connectivity index (χ4n) is 4.15. The number of nitrogens with one attached hydrogen (secondary N) is 2. The SMILES string of the molecule is CN(C)C1(c2ccccc2)CCC(Nc2ccc3n[nH]nc3c2)CC1. The van der Waals surface area contributed by atoms with E-state index in [4.69, 9.17) is 0 Å². The Bertz CT molecular complexity index is 831. The Balaban J connectivity index is 1.48. The summed E-state index contributed by atoms with van der Waals surface area (Å²) >= 11 is 0. The summed E-state index contributed by atoms with van der Waals surface area (Å²) in [6.45, 7) is 0. The van der Waals surface area contributed by atoms with Gasteiger partial charge in [0.2, 0.25) is 0 Å². The van der Waals surface area contributed by atoms with E-state index in [0.29, 0.717) is 6.04 Å². The van der Waals surface area contributed by atoms with Crippen LogP contribution in [0.1, 0.15) is 31.2 Å². The molecule has 5 nitrogen and oxygen atoms in total. The maximum absolute atomic E-state index is 4.18. The zero-order chi connectivity index (χ0) is 17.3. The molecule has 25 heavy (non-hydrogen) atoms. The molecule has 2 N–H and O–H groups in total. The molecule has 0 atom stereocenters. The Labute approximate surface area is 148 Å². The third-order valence-corrected chi connectivity index (χ3v) is 5.67. The Morgan fingerprint density at radius 3 is 2.44 bits per heavy atom. The molecule has 1 aromatic heterocycles. The maximum atomic E-state index is 4.18. The quantitative estimate of drug-likeness (QED) is 0.762. The predicted octanol–water partition coefficient (Wildman–Crippen LogP) is 3.77. The number of benzene rings is 2. The van der Waals surface area contributed by atoms with Gasteiger partial charge in [-0.1, -0.05) is 30.3 Å². The summed E-state index contributed by atoms with van der Waals surface area (Å²) in [4.78, 5) is 2.40. The van der Waals surface area contributed by atoms with Crippen molar-refractivity contribution in [2.45, 2.75) is 37.3 Å². The molecule has 3 aromatic rings. The van der Waals surface area contributed by atoms with Crippen LogP contribution < -0.4 is 5.32 Å². The van der Waals surface area contributed by atoms with Gasteiger partial charge in [-0.05, 0) is 63.5 Å². The van der Waals surface area contributed by atoms with Crippen molar-refractivity contribution in [1.29, 1.82) is 0 Å². The molecule has 1 saturated carbocycles. The molecule has 1 aliphatic carbocycles. The monoisotopic (exact) mass is 335 g/mol. The van der Waals surface area contributed by atoms with E-state index >= 15 is 0 Å². The second-order valence-electron chi connectivity index (χ2n) is 7.24. The maximum Gasteiger partial charge on any atom is 0.115 e. The molecule has 0 amide bonds. The van der Waals surface area contributed by atoms with Crippen LogP contribution in [0.2, 0.25) is 0 Å². The molecule has 5 heteroatoms. The van der Waals surface area contributed by atoms with E-state index in [1.54, 1.807) is 0 Å². The van der Waals surface area contributed by atoms with E-state index in [1.165, 1.54) is 5.56 Å². The summed E-state index contributed by atoms with van der Waals surface area (Å²) in [5, 5.41) is 14.7. The van der Waals surface area contributed by atoms with Gasteiger partial charge >= 0.3 is 0 Å². The van der Waals surface area contributed by atoms with Gasteiger partial charge in [-0.15, -0.1) is 0 Å². The summed E-state index contributed by atoms with van der Waals surface area (Å²) < 4.78 is 0. The average Bonchev–Trinajstić information content (AvgIpc) is 3.11. The van der Waals surface area contributed by atoms with Gasteiger partial charge in [-0.25, -0.2) is 0 Å². The van der Waals surface area contributed by atoms with E-state index in [-0.39, 0.29) is 5.54 Å². The van der Waals surface area contributed by atoms with Gasteiger partial charge in [0.1, 0.15) is 11.0 Å². The average molecular weight is 335 g/mol. The van der Waals surface area contributed by atoms with Crippen molar-refractivity contribution in [3.8, 4) is 0 Å². The number of aromatic amines is 1. The lowest BCUT2D eigenvalue weighted by atomic mass is 9.74. The lowest BCUT2D eigenvalue weighted by molar-refractivity contribution is 0.0945. The molecule has 0 radical (unpaired) electrons. The molecule has 4 rings (SSSR count). The molecular weight excluding hydrogens is 310 g/mol. The van der Waals surface area contributed by atoms with Crippen LogP contribution >= 0.6 is 0 Å². The van der Waals surface area contributed by atoms with E-state index in [1.807, 2.05) is 6.07 Å². The third-order valence-electron chi connectivity index (χ3n) is 5.67. The van der Waals surface area contributed by atoms with Gasteiger partial charge in [0.25, 0.3) is 0 Å². The van der Waals surface area contributed by atoms with Gasteiger partial charge < -0.3 is 5.32 Å². The molecule has 0 aliphatic heterocycles. The number of H-pyrrole nitrogens is 1. The molecule has 1 fully saturated rings. The van der Waals surface area contributed by atoms with Gasteiger partial charge in [0.15, 0.2) is 0 Å². The van der Waals surface area contributed by atoms with Crippen LogP contribution in [0.15, 0.2) is 48.5 Å². The first-order valence-corrected chi connectivity index (χ1v) is 8.97. The van der Waals surface area contributed by atoms with E-state index < -0.39 is 0 Å². The lowest BCUT2D eigenvalue weighted by Gasteiger charge is -2.46. The lowest BCUT2D eigenvalue weighted by Crippen LogP contribution is -2.46. The van der Waals surface area contributed by atoms with Gasteiger partial charge in [-0.2, -0.15) is 15.4 Å². The summed E-state index contributed by atoms with van der Waals surface area (Å²) in [6, 6.07) is 17.6. The van der Waals surface area contributed by atoms with Crippen LogP contribution in [0.5, 0.6) is 0 Å². The zero-order valence-corrected chi connectivity index (χ0v) is 14.9. The largest absolute Gasteiger partial charge is 0.382 e. The molecule has 2 aromatic carbocycles. The molecule has 1 aliphatic rings. The number of rotatable bonds is 4. The van der Waals surface area contributed by atoms with Gasteiger partial charge in [-0.3, -0.25) is 4.90 Å². The van der Waals surface area contributed by atoms with Crippen LogP contribution in [0, 0.1) is 0 Å². The minimum absolute atomic E-state index is 0.148. The Hall–Kier alpha value is -2.40. The number of fused-ring (bicyclic) bond motifs is 1. The number of aromatic nitrogens is 3. The second kappa shape index (κ2) is 6.48. The minimum Gasteiger partial charge on any atom is -0.382 e. The van der Waals surface area contributed by atoms with E-state index in [2.05, 4.69) is 82.2 Å². The number of anilines is 1. The van der Waals surface area contributed by atoms with Crippen molar-refractivity contribution in [2.24, 2.45) is 0 Å². The normalized spacial score (nSPS) is 23.9. The summed E-state index contributed by atoms with van der Waals surface area (Å²) in [5.74, 6) is 0. The van der Waals surface area contributed by atoms with Crippen molar-refractivity contribution >= 4 is 16.7 Å². The Kier molecular flexibility index (Phi) is 4.17. The standard InChI is InChI=1S/C20H25N5/c1-25(2)20(15-6-4-3-5-7-15)12-10-16(11-13-20)21-17-8-9-18-19(14-17)23-24-22-18/h3-9,14,16,21H,10-13H2,1-2H3,(H,22,23,24). The molecule has 0 spiro atoms. The topological polar surface area (TPSA) is 56.8 Å². The highest BCUT2D eigenvalue weighted by Gasteiger charge is 2.38. The highest BCUT2D eigenvalue weighted by atomic mass is 15.3. The molecule has 0 unspecified atom stereocenters. The molecular formula is C20H25N5. The summed E-state index contributed by atoms with van der Waals surface area (Å²) in [5.41, 5.74) is 4.53. The molecule has 0 bridgehead atoms. The van der Waals surface area contributed by atoms with Gasteiger partial charge in [0.05, 0.1) is 0 Å².